The lowest BCUT2D eigenvalue weighted by Crippen LogP contribution is -2.10. The second-order valence-corrected chi connectivity index (χ2v) is 15.8. The van der Waals surface area contributed by atoms with E-state index < -0.39 is 0 Å². The van der Waals surface area contributed by atoms with Crippen LogP contribution in [0.2, 0.25) is 0 Å². The minimum atomic E-state index is -0.0115. The van der Waals surface area contributed by atoms with Gasteiger partial charge in [-0.2, -0.15) is 0 Å². The molecule has 0 saturated heterocycles. The van der Waals surface area contributed by atoms with E-state index in [0.29, 0.717) is 0 Å². The summed E-state index contributed by atoms with van der Waals surface area (Å²) in [4.78, 5) is 0. The van der Waals surface area contributed by atoms with E-state index in [1.165, 1.54) is 34.3 Å². The zero-order valence-electron chi connectivity index (χ0n) is 29.8. The Balaban J connectivity index is 1.35. The Morgan fingerprint density at radius 2 is 1.04 bits per heavy atom. The Morgan fingerprint density at radius 3 is 1.63 bits per heavy atom. The second kappa shape index (κ2) is 10.8. The summed E-state index contributed by atoms with van der Waals surface area (Å²) in [6.07, 6.45) is 2.86. The van der Waals surface area contributed by atoms with Crippen LogP contribution in [0.25, 0.3) is 76.9 Å². The average molecular weight is 665 g/mol. The monoisotopic (exact) mass is 664 g/mol. The summed E-state index contributed by atoms with van der Waals surface area (Å²) in [6, 6.07) is 38.7. The molecule has 0 bridgehead atoms. The van der Waals surface area contributed by atoms with Crippen LogP contribution in [0.5, 0.6) is 0 Å². The van der Waals surface area contributed by atoms with Gasteiger partial charge in [0.25, 0.3) is 0 Å². The van der Waals surface area contributed by atoms with Crippen molar-refractivity contribution in [3.8, 4) is 11.4 Å². The molecule has 5 heteroatoms. The predicted molar refractivity (Wildman–Crippen MR) is 216 cm³/mol. The van der Waals surface area contributed by atoms with Gasteiger partial charge in [0, 0.05) is 56.2 Å². The highest BCUT2D eigenvalue weighted by Gasteiger charge is 2.24. The Morgan fingerprint density at radius 1 is 0.510 bits per heavy atom. The van der Waals surface area contributed by atoms with E-state index in [9.17, 15) is 0 Å². The maximum Gasteiger partial charge on any atom is 0.145 e. The van der Waals surface area contributed by atoms with Crippen molar-refractivity contribution >= 4 is 78.0 Å². The number of para-hydroxylation sites is 2. The highest BCUT2D eigenvalue weighted by Crippen LogP contribution is 2.42. The number of nitrogens with one attached hydrogen (secondary N) is 2. The van der Waals surface area contributed by atoms with Crippen LogP contribution in [-0.4, -0.2) is 21.6 Å². The summed E-state index contributed by atoms with van der Waals surface area (Å²) in [5, 5.41) is 24.3. The van der Waals surface area contributed by atoms with Gasteiger partial charge in [-0.15, -0.1) is 0 Å². The van der Waals surface area contributed by atoms with Gasteiger partial charge in [0.15, 0.2) is 0 Å². The molecule has 3 aromatic heterocycles. The molecule has 9 rings (SSSR count). The van der Waals surface area contributed by atoms with E-state index in [1.807, 2.05) is 18.2 Å². The third-order valence-electron chi connectivity index (χ3n) is 10.6. The fourth-order valence-corrected chi connectivity index (χ4v) is 7.98. The average Bonchev–Trinajstić information content (AvgIpc) is 3.77. The van der Waals surface area contributed by atoms with Crippen molar-refractivity contribution in [2.24, 2.45) is 0 Å². The van der Waals surface area contributed by atoms with Crippen LogP contribution >= 0.6 is 0 Å². The molecule has 0 aliphatic heterocycles. The van der Waals surface area contributed by atoms with Gasteiger partial charge in [-0.3, -0.25) is 0 Å². The topological polar surface area (TPSA) is 70.7 Å². The van der Waals surface area contributed by atoms with Gasteiger partial charge >= 0.3 is 0 Å². The Hall–Kier alpha value is -5.94. The van der Waals surface area contributed by atoms with Crippen molar-refractivity contribution in [2.75, 3.05) is 0 Å². The predicted octanol–water partition coefficient (Wildman–Crippen LogP) is 12.4. The van der Waals surface area contributed by atoms with E-state index in [-0.39, 0.29) is 10.8 Å². The Labute approximate surface area is 296 Å². The summed E-state index contributed by atoms with van der Waals surface area (Å²) in [7, 11) is 0. The highest BCUT2D eigenvalue weighted by atomic mass is 16.3. The number of hydrogen-bond acceptors (Lipinski definition) is 3. The molecule has 0 saturated carbocycles. The Kier molecular flexibility index (Phi) is 6.57. The SMILES string of the molecule is CC(C)(C)c1ccc2c(c1)c1cc(C(C)(C)C)ccc1n2-c1c(C=N)cc(-n2c3ccccc3c3c4oc5ccccc5c4ccc32)cc1C=N. The van der Waals surface area contributed by atoms with Crippen molar-refractivity contribution in [3.05, 3.63) is 131 Å². The van der Waals surface area contributed by atoms with Crippen LogP contribution in [0.3, 0.4) is 0 Å². The first-order valence-corrected chi connectivity index (χ1v) is 17.6. The summed E-state index contributed by atoms with van der Waals surface area (Å²) in [5.41, 5.74) is 11.6. The molecule has 3 heterocycles. The van der Waals surface area contributed by atoms with Crippen LogP contribution in [0.15, 0.2) is 114 Å². The molecule has 0 spiro atoms. The van der Waals surface area contributed by atoms with Crippen molar-refractivity contribution in [2.45, 2.75) is 52.4 Å². The zero-order chi connectivity index (χ0) is 35.4. The number of benzene rings is 6. The molecule has 0 aliphatic carbocycles. The van der Waals surface area contributed by atoms with Crippen LogP contribution < -0.4 is 0 Å². The molecule has 6 aromatic carbocycles. The summed E-state index contributed by atoms with van der Waals surface area (Å²) in [6.45, 7) is 13.5. The second-order valence-electron chi connectivity index (χ2n) is 15.8. The van der Waals surface area contributed by atoms with Gasteiger partial charge in [0.1, 0.15) is 11.2 Å². The van der Waals surface area contributed by atoms with E-state index >= 15 is 0 Å². The minimum absolute atomic E-state index is 0.0115. The van der Waals surface area contributed by atoms with E-state index in [2.05, 4.69) is 142 Å². The molecule has 9 aromatic rings. The first kappa shape index (κ1) is 31.1. The highest BCUT2D eigenvalue weighted by molar-refractivity contribution is 6.24. The molecular weight excluding hydrogens is 625 g/mol. The van der Waals surface area contributed by atoms with Crippen LogP contribution in [0, 0.1) is 10.8 Å². The fourth-order valence-electron chi connectivity index (χ4n) is 7.98. The maximum absolute atomic E-state index is 8.79. The minimum Gasteiger partial charge on any atom is -0.455 e. The normalized spacial score (nSPS) is 12.7. The van der Waals surface area contributed by atoms with E-state index in [1.54, 1.807) is 0 Å². The van der Waals surface area contributed by atoms with Crippen LogP contribution in [0.4, 0.5) is 0 Å². The third-order valence-corrected chi connectivity index (χ3v) is 10.6. The van der Waals surface area contributed by atoms with Crippen molar-refractivity contribution < 1.29 is 4.42 Å². The first-order valence-electron chi connectivity index (χ1n) is 17.6. The van der Waals surface area contributed by atoms with Gasteiger partial charge in [-0.25, -0.2) is 0 Å². The molecule has 0 fully saturated rings. The quantitative estimate of drug-likeness (QED) is 0.181. The maximum atomic E-state index is 8.79. The molecule has 51 heavy (non-hydrogen) atoms. The fraction of sp³-hybridized carbons (Fsp3) is 0.174. The van der Waals surface area contributed by atoms with E-state index in [4.69, 9.17) is 15.2 Å². The zero-order valence-corrected chi connectivity index (χ0v) is 29.8. The third kappa shape index (κ3) is 4.54. The van der Waals surface area contributed by atoms with Crippen LogP contribution in [-0.2, 0) is 10.8 Å². The molecule has 0 unspecified atom stereocenters. The van der Waals surface area contributed by atoms with Gasteiger partial charge in [0.2, 0.25) is 0 Å². The summed E-state index contributed by atoms with van der Waals surface area (Å²) >= 11 is 0. The number of nitrogens with zero attached hydrogens (tertiary/aromatic N) is 2. The number of aromatic nitrogens is 2. The molecule has 5 nitrogen and oxygen atoms in total. The lowest BCUT2D eigenvalue weighted by atomic mass is 9.85. The number of hydrogen-bond donors (Lipinski definition) is 2. The first-order chi connectivity index (χ1) is 24.5. The summed E-state index contributed by atoms with van der Waals surface area (Å²) < 4.78 is 11.0. The standard InChI is InChI=1S/C46H40N4O/c1-45(2,3)29-15-18-38-35(23-29)36-24-30(46(4,5)6)16-19-39(36)50(38)43-27(25-47)21-31(22-28(43)26-48)49-37-13-9-7-12-34(37)42-40(49)20-17-33-32-11-8-10-14-41(32)51-44(33)42/h7-26,47-48H,1-6H3. The molecular formula is C46H40N4O. The molecule has 250 valence electrons. The number of fused-ring (bicyclic) bond motifs is 10. The molecule has 0 aliphatic rings. The largest absolute Gasteiger partial charge is 0.455 e. The van der Waals surface area contributed by atoms with Crippen LogP contribution in [0.1, 0.15) is 63.8 Å². The number of furan rings is 1. The molecule has 0 radical (unpaired) electrons. The van der Waals surface area contributed by atoms with Crippen molar-refractivity contribution in [1.29, 1.82) is 10.8 Å². The lowest BCUT2D eigenvalue weighted by molar-refractivity contribution is 0.590. The molecule has 0 amide bonds. The van der Waals surface area contributed by atoms with Gasteiger partial charge in [-0.1, -0.05) is 90.1 Å². The lowest BCUT2D eigenvalue weighted by Gasteiger charge is -2.20. The van der Waals surface area contributed by atoms with Gasteiger partial charge < -0.3 is 24.4 Å². The molecule has 2 N–H and O–H groups in total. The van der Waals surface area contributed by atoms with Crippen molar-refractivity contribution in [3.63, 3.8) is 0 Å². The Bertz CT molecular complexity index is 2820. The van der Waals surface area contributed by atoms with Gasteiger partial charge in [-0.05, 0) is 82.6 Å². The number of rotatable bonds is 4. The van der Waals surface area contributed by atoms with E-state index in [0.717, 1.165) is 77.3 Å². The van der Waals surface area contributed by atoms with Crippen molar-refractivity contribution in [1.82, 2.24) is 9.13 Å². The summed E-state index contributed by atoms with van der Waals surface area (Å²) in [5.74, 6) is 0. The molecule has 0 atom stereocenters. The van der Waals surface area contributed by atoms with Gasteiger partial charge in [0.05, 0.1) is 33.1 Å². The smallest absolute Gasteiger partial charge is 0.145 e.